The Hall–Kier alpha value is -2.40. The molecule has 1 spiro atoms. The fourth-order valence-electron chi connectivity index (χ4n) is 5.18. The number of amides is 1. The summed E-state index contributed by atoms with van der Waals surface area (Å²) in [6.45, 7) is 6.95. The van der Waals surface area contributed by atoms with Crippen molar-refractivity contribution in [2.24, 2.45) is 0 Å². The van der Waals surface area contributed by atoms with Crippen LogP contribution < -0.4 is 9.64 Å². The maximum atomic E-state index is 13.9. The number of halogens is 1. The first kappa shape index (κ1) is 21.8. The SMILES string of the molecule is CCCCOc1cccc(CN2CC[C@@]3(CCC(=O)N3c3cccc(F)c3)C[C@H]2C)c1. The summed E-state index contributed by atoms with van der Waals surface area (Å²) in [5.41, 5.74) is 1.74. The number of anilines is 1. The van der Waals surface area contributed by atoms with E-state index in [9.17, 15) is 9.18 Å². The number of hydrogen-bond acceptors (Lipinski definition) is 3. The number of hydrogen-bond donors (Lipinski definition) is 0. The number of benzene rings is 2. The van der Waals surface area contributed by atoms with Crippen molar-refractivity contribution in [3.63, 3.8) is 0 Å². The van der Waals surface area contributed by atoms with Crippen LogP contribution in [0.3, 0.4) is 0 Å². The average Bonchev–Trinajstić information content (AvgIpc) is 3.06. The van der Waals surface area contributed by atoms with Crippen LogP contribution in [-0.2, 0) is 11.3 Å². The maximum Gasteiger partial charge on any atom is 0.227 e. The van der Waals surface area contributed by atoms with Gasteiger partial charge >= 0.3 is 0 Å². The highest BCUT2D eigenvalue weighted by atomic mass is 19.1. The van der Waals surface area contributed by atoms with Gasteiger partial charge in [0.25, 0.3) is 0 Å². The zero-order chi connectivity index (χ0) is 21.8. The maximum absolute atomic E-state index is 13.9. The van der Waals surface area contributed by atoms with E-state index in [1.807, 2.05) is 17.0 Å². The van der Waals surface area contributed by atoms with Crippen LogP contribution in [0.2, 0.25) is 0 Å². The molecule has 166 valence electrons. The molecule has 0 bridgehead atoms. The van der Waals surface area contributed by atoms with Gasteiger partial charge in [0, 0.05) is 31.2 Å². The molecule has 1 amide bonds. The monoisotopic (exact) mass is 424 g/mol. The van der Waals surface area contributed by atoms with Crippen LogP contribution in [0, 0.1) is 5.82 Å². The Bertz CT molecular complexity index is 918. The van der Waals surface area contributed by atoms with Gasteiger partial charge in [-0.1, -0.05) is 31.5 Å². The largest absolute Gasteiger partial charge is 0.494 e. The predicted octanol–water partition coefficient (Wildman–Crippen LogP) is 5.55. The molecule has 4 nitrogen and oxygen atoms in total. The first-order valence-corrected chi connectivity index (χ1v) is 11.6. The number of likely N-dealkylation sites (tertiary alicyclic amines) is 1. The van der Waals surface area contributed by atoms with Crippen molar-refractivity contribution in [2.75, 3.05) is 18.1 Å². The smallest absolute Gasteiger partial charge is 0.227 e. The van der Waals surface area contributed by atoms with Crippen molar-refractivity contribution < 1.29 is 13.9 Å². The highest BCUT2D eigenvalue weighted by molar-refractivity contribution is 5.97. The van der Waals surface area contributed by atoms with Gasteiger partial charge in [-0.15, -0.1) is 0 Å². The van der Waals surface area contributed by atoms with Gasteiger partial charge in [0.2, 0.25) is 5.91 Å². The second kappa shape index (κ2) is 9.39. The van der Waals surface area contributed by atoms with Crippen LogP contribution in [0.5, 0.6) is 5.75 Å². The third kappa shape index (κ3) is 4.77. The standard InChI is InChI=1S/C26H33FN2O2/c1-3-4-15-31-24-10-5-7-21(16-24)19-28-14-13-26(18-20(28)2)12-11-25(30)29(26)23-9-6-8-22(27)17-23/h5-10,16-17,20H,3-4,11-15,18-19H2,1-2H3/t20-,26+/m1/s1. The Labute approximate surface area is 185 Å². The molecular formula is C26H33FN2O2. The van der Waals surface area contributed by atoms with E-state index in [2.05, 4.69) is 36.9 Å². The summed E-state index contributed by atoms with van der Waals surface area (Å²) in [7, 11) is 0. The van der Waals surface area contributed by atoms with Gasteiger partial charge in [-0.3, -0.25) is 9.69 Å². The van der Waals surface area contributed by atoms with Crippen LogP contribution in [-0.4, -0.2) is 35.5 Å². The highest BCUT2D eigenvalue weighted by Crippen LogP contribution is 2.44. The van der Waals surface area contributed by atoms with Crippen molar-refractivity contribution in [3.8, 4) is 5.75 Å². The summed E-state index contributed by atoms with van der Waals surface area (Å²) in [6, 6.07) is 15.2. The fraction of sp³-hybridized carbons (Fsp3) is 0.500. The van der Waals surface area contributed by atoms with Gasteiger partial charge in [-0.25, -0.2) is 4.39 Å². The Morgan fingerprint density at radius 2 is 2.00 bits per heavy atom. The summed E-state index contributed by atoms with van der Waals surface area (Å²) >= 11 is 0. The molecule has 0 saturated carbocycles. The van der Waals surface area contributed by atoms with Crippen LogP contribution >= 0.6 is 0 Å². The molecule has 2 aromatic carbocycles. The lowest BCUT2D eigenvalue weighted by atomic mass is 9.81. The van der Waals surface area contributed by atoms with Crippen LogP contribution in [0.15, 0.2) is 48.5 Å². The summed E-state index contributed by atoms with van der Waals surface area (Å²) in [5.74, 6) is 0.757. The lowest BCUT2D eigenvalue weighted by Crippen LogP contribution is -2.56. The van der Waals surface area contributed by atoms with Gasteiger partial charge in [0.15, 0.2) is 0 Å². The van der Waals surface area contributed by atoms with Gasteiger partial charge < -0.3 is 9.64 Å². The summed E-state index contributed by atoms with van der Waals surface area (Å²) < 4.78 is 19.7. The quantitative estimate of drug-likeness (QED) is 0.546. The van der Waals surface area contributed by atoms with E-state index in [1.54, 1.807) is 6.07 Å². The molecule has 0 N–H and O–H groups in total. The summed E-state index contributed by atoms with van der Waals surface area (Å²) in [6.07, 6.45) is 5.40. The number of rotatable bonds is 7. The third-order valence-corrected chi connectivity index (χ3v) is 6.81. The number of ether oxygens (including phenoxy) is 1. The van der Waals surface area contributed by atoms with Gasteiger partial charge in [0.05, 0.1) is 12.1 Å². The van der Waals surface area contributed by atoms with Crippen molar-refractivity contribution >= 4 is 11.6 Å². The topological polar surface area (TPSA) is 32.8 Å². The Balaban J connectivity index is 1.45. The second-order valence-electron chi connectivity index (χ2n) is 9.06. The summed E-state index contributed by atoms with van der Waals surface area (Å²) in [4.78, 5) is 17.1. The fourth-order valence-corrected chi connectivity index (χ4v) is 5.18. The molecule has 0 radical (unpaired) electrons. The van der Waals surface area contributed by atoms with E-state index in [-0.39, 0.29) is 17.3 Å². The van der Waals surface area contributed by atoms with Crippen LogP contribution in [0.1, 0.15) is 57.9 Å². The molecule has 2 heterocycles. The Kier molecular flexibility index (Phi) is 6.61. The molecule has 4 rings (SSSR count). The van der Waals surface area contributed by atoms with E-state index in [0.717, 1.165) is 57.6 Å². The van der Waals surface area contributed by atoms with Crippen molar-refractivity contribution in [1.29, 1.82) is 0 Å². The van der Waals surface area contributed by atoms with Crippen molar-refractivity contribution in [3.05, 3.63) is 59.9 Å². The first-order chi connectivity index (χ1) is 15.0. The number of nitrogens with zero attached hydrogens (tertiary/aromatic N) is 2. The second-order valence-corrected chi connectivity index (χ2v) is 9.06. The average molecular weight is 425 g/mol. The number of piperidine rings is 1. The van der Waals surface area contributed by atoms with E-state index in [0.29, 0.717) is 18.2 Å². The van der Waals surface area contributed by atoms with Gasteiger partial charge in [-0.05, 0) is 68.5 Å². The molecule has 2 atom stereocenters. The molecule has 0 aromatic heterocycles. The van der Waals surface area contributed by atoms with E-state index < -0.39 is 0 Å². The minimum atomic E-state index is -0.293. The molecule has 2 fully saturated rings. The molecule has 0 unspecified atom stereocenters. The zero-order valence-electron chi connectivity index (χ0n) is 18.6. The Morgan fingerprint density at radius 3 is 2.77 bits per heavy atom. The first-order valence-electron chi connectivity index (χ1n) is 11.6. The number of carbonyl (C=O) groups is 1. The van der Waals surface area contributed by atoms with Crippen molar-refractivity contribution in [1.82, 2.24) is 4.90 Å². The van der Waals surface area contributed by atoms with Gasteiger partial charge in [0.1, 0.15) is 11.6 Å². The number of carbonyl (C=O) groups excluding carboxylic acids is 1. The molecule has 2 aliphatic heterocycles. The Morgan fingerprint density at radius 1 is 1.16 bits per heavy atom. The highest BCUT2D eigenvalue weighted by Gasteiger charge is 2.49. The summed E-state index contributed by atoms with van der Waals surface area (Å²) in [5, 5.41) is 0. The third-order valence-electron chi connectivity index (χ3n) is 6.81. The molecule has 31 heavy (non-hydrogen) atoms. The number of unbranched alkanes of at least 4 members (excludes halogenated alkanes) is 1. The van der Waals surface area contributed by atoms with E-state index in [1.165, 1.54) is 17.7 Å². The molecule has 2 aliphatic rings. The molecule has 2 aromatic rings. The molecule has 2 saturated heterocycles. The zero-order valence-corrected chi connectivity index (χ0v) is 18.6. The minimum Gasteiger partial charge on any atom is -0.494 e. The molecule has 5 heteroatoms. The normalized spacial score (nSPS) is 24.2. The lowest BCUT2D eigenvalue weighted by molar-refractivity contribution is -0.117. The predicted molar refractivity (Wildman–Crippen MR) is 122 cm³/mol. The minimum absolute atomic E-state index is 0.114. The van der Waals surface area contributed by atoms with Crippen LogP contribution in [0.4, 0.5) is 10.1 Å². The van der Waals surface area contributed by atoms with E-state index >= 15 is 0 Å². The van der Waals surface area contributed by atoms with E-state index in [4.69, 9.17) is 4.74 Å². The molecule has 0 aliphatic carbocycles. The molecular weight excluding hydrogens is 391 g/mol. The van der Waals surface area contributed by atoms with Crippen LogP contribution in [0.25, 0.3) is 0 Å². The van der Waals surface area contributed by atoms with Gasteiger partial charge in [-0.2, -0.15) is 0 Å². The lowest BCUT2D eigenvalue weighted by Gasteiger charge is -2.48. The van der Waals surface area contributed by atoms with Crippen molar-refractivity contribution in [2.45, 2.75) is 70.5 Å².